The molecular weight excluding hydrogens is 385 g/mol. The van der Waals surface area contributed by atoms with E-state index < -0.39 is 0 Å². The van der Waals surface area contributed by atoms with Crippen LogP contribution in [0.5, 0.6) is 0 Å². The number of benzene rings is 2. The number of carbonyl (C=O) groups excluding carboxylic acids is 2. The SMILES string of the molecule is CN(C)c1ccc(NC(=O)c2ccc(Cl)cc2Cl)cc1C(=O)N1CCCC1. The van der Waals surface area contributed by atoms with Crippen LogP contribution in [-0.4, -0.2) is 43.9 Å². The number of halogens is 2. The number of nitrogens with zero attached hydrogens (tertiary/aromatic N) is 2. The Morgan fingerprint density at radius 3 is 2.33 bits per heavy atom. The molecule has 27 heavy (non-hydrogen) atoms. The van der Waals surface area contributed by atoms with Crippen LogP contribution in [0.25, 0.3) is 0 Å². The summed E-state index contributed by atoms with van der Waals surface area (Å²) in [7, 11) is 3.78. The first kappa shape index (κ1) is 19.5. The lowest BCUT2D eigenvalue weighted by Gasteiger charge is -2.22. The van der Waals surface area contributed by atoms with Crippen molar-refractivity contribution in [3.05, 3.63) is 57.6 Å². The van der Waals surface area contributed by atoms with Crippen molar-refractivity contribution in [2.24, 2.45) is 0 Å². The van der Waals surface area contributed by atoms with E-state index in [0.29, 0.717) is 21.8 Å². The maximum absolute atomic E-state index is 12.9. The van der Waals surface area contributed by atoms with Gasteiger partial charge in [0.25, 0.3) is 11.8 Å². The Kier molecular flexibility index (Phi) is 5.92. The van der Waals surface area contributed by atoms with Gasteiger partial charge < -0.3 is 15.1 Å². The fourth-order valence-corrected chi connectivity index (χ4v) is 3.63. The highest BCUT2D eigenvalue weighted by Gasteiger charge is 2.23. The molecule has 5 nitrogen and oxygen atoms in total. The minimum Gasteiger partial charge on any atom is -0.377 e. The van der Waals surface area contributed by atoms with E-state index in [0.717, 1.165) is 31.6 Å². The second-order valence-electron chi connectivity index (χ2n) is 6.70. The molecule has 0 aromatic heterocycles. The van der Waals surface area contributed by atoms with E-state index in [1.54, 1.807) is 24.3 Å². The zero-order valence-corrected chi connectivity index (χ0v) is 16.8. The van der Waals surface area contributed by atoms with Gasteiger partial charge in [-0.05, 0) is 49.2 Å². The van der Waals surface area contributed by atoms with E-state index in [2.05, 4.69) is 5.32 Å². The van der Waals surface area contributed by atoms with Crippen LogP contribution in [0.1, 0.15) is 33.6 Å². The third-order valence-corrected chi connectivity index (χ3v) is 5.08. The van der Waals surface area contributed by atoms with Crippen LogP contribution >= 0.6 is 23.2 Å². The van der Waals surface area contributed by atoms with Crippen molar-refractivity contribution in [3.8, 4) is 0 Å². The molecule has 1 aliphatic rings. The fourth-order valence-electron chi connectivity index (χ4n) is 3.14. The Hall–Kier alpha value is -2.24. The van der Waals surface area contributed by atoms with E-state index in [9.17, 15) is 9.59 Å². The van der Waals surface area contributed by atoms with Crippen molar-refractivity contribution in [3.63, 3.8) is 0 Å². The Balaban J connectivity index is 1.88. The third-order valence-electron chi connectivity index (χ3n) is 4.54. The zero-order chi connectivity index (χ0) is 19.6. The summed E-state index contributed by atoms with van der Waals surface area (Å²) in [4.78, 5) is 29.2. The number of carbonyl (C=O) groups is 2. The molecular formula is C20H21Cl2N3O2. The quantitative estimate of drug-likeness (QED) is 0.811. The molecule has 2 aromatic rings. The lowest BCUT2D eigenvalue weighted by Crippen LogP contribution is -2.29. The first-order valence-corrected chi connectivity index (χ1v) is 9.49. The molecule has 2 amide bonds. The normalized spacial score (nSPS) is 13.6. The Morgan fingerprint density at radius 2 is 1.70 bits per heavy atom. The summed E-state index contributed by atoms with van der Waals surface area (Å²) in [5.74, 6) is -0.370. The van der Waals surface area contributed by atoms with Gasteiger partial charge in [0.1, 0.15) is 0 Å². The fraction of sp³-hybridized carbons (Fsp3) is 0.300. The molecule has 1 aliphatic heterocycles. The van der Waals surface area contributed by atoms with Gasteiger partial charge in [-0.2, -0.15) is 0 Å². The summed E-state index contributed by atoms with van der Waals surface area (Å²) in [6.45, 7) is 1.53. The highest BCUT2D eigenvalue weighted by molar-refractivity contribution is 6.37. The van der Waals surface area contributed by atoms with Crippen LogP contribution in [-0.2, 0) is 0 Å². The summed E-state index contributed by atoms with van der Waals surface area (Å²) >= 11 is 12.0. The van der Waals surface area contributed by atoms with E-state index >= 15 is 0 Å². The van der Waals surface area contributed by atoms with Crippen LogP contribution in [0.15, 0.2) is 36.4 Å². The van der Waals surface area contributed by atoms with Crippen LogP contribution in [0.4, 0.5) is 11.4 Å². The second kappa shape index (κ2) is 8.19. The highest BCUT2D eigenvalue weighted by Crippen LogP contribution is 2.27. The Morgan fingerprint density at radius 1 is 1.00 bits per heavy atom. The van der Waals surface area contributed by atoms with Gasteiger partial charge in [-0.3, -0.25) is 9.59 Å². The topological polar surface area (TPSA) is 52.7 Å². The van der Waals surface area contributed by atoms with Gasteiger partial charge in [0, 0.05) is 43.6 Å². The van der Waals surface area contributed by atoms with Crippen molar-refractivity contribution in [2.45, 2.75) is 12.8 Å². The number of hydrogen-bond acceptors (Lipinski definition) is 3. The molecule has 2 aromatic carbocycles. The van der Waals surface area contributed by atoms with Crippen molar-refractivity contribution in [1.82, 2.24) is 4.90 Å². The number of amides is 2. The molecule has 0 atom stereocenters. The van der Waals surface area contributed by atoms with Crippen LogP contribution in [0, 0.1) is 0 Å². The second-order valence-corrected chi connectivity index (χ2v) is 7.55. The van der Waals surface area contributed by atoms with Crippen molar-refractivity contribution >= 4 is 46.4 Å². The molecule has 1 fully saturated rings. The van der Waals surface area contributed by atoms with E-state index in [1.807, 2.05) is 30.0 Å². The number of nitrogens with one attached hydrogen (secondary N) is 1. The van der Waals surface area contributed by atoms with Crippen LogP contribution in [0.3, 0.4) is 0 Å². The van der Waals surface area contributed by atoms with Gasteiger partial charge in [-0.15, -0.1) is 0 Å². The third kappa shape index (κ3) is 4.37. The summed E-state index contributed by atoms with van der Waals surface area (Å²) in [5.41, 5.74) is 2.25. The van der Waals surface area contributed by atoms with Gasteiger partial charge in [0.05, 0.1) is 16.1 Å². The minimum atomic E-state index is -0.353. The predicted octanol–water partition coefficient (Wildman–Crippen LogP) is 4.55. The molecule has 0 spiro atoms. The molecule has 3 rings (SSSR count). The number of anilines is 2. The molecule has 0 aliphatic carbocycles. The molecule has 7 heteroatoms. The van der Waals surface area contributed by atoms with Crippen LogP contribution in [0.2, 0.25) is 10.0 Å². The highest BCUT2D eigenvalue weighted by atomic mass is 35.5. The summed E-state index contributed by atoms with van der Waals surface area (Å²) in [5, 5.41) is 3.55. The lowest BCUT2D eigenvalue weighted by molar-refractivity contribution is 0.0793. The van der Waals surface area contributed by atoms with Crippen molar-refractivity contribution in [1.29, 1.82) is 0 Å². The maximum Gasteiger partial charge on any atom is 0.257 e. The summed E-state index contributed by atoms with van der Waals surface area (Å²) in [6.07, 6.45) is 2.04. The van der Waals surface area contributed by atoms with Gasteiger partial charge in [-0.1, -0.05) is 23.2 Å². The van der Waals surface area contributed by atoms with Crippen molar-refractivity contribution < 1.29 is 9.59 Å². The molecule has 1 saturated heterocycles. The van der Waals surface area contributed by atoms with E-state index in [-0.39, 0.29) is 16.8 Å². The van der Waals surface area contributed by atoms with Gasteiger partial charge >= 0.3 is 0 Å². The molecule has 1 heterocycles. The molecule has 0 saturated carbocycles. The summed E-state index contributed by atoms with van der Waals surface area (Å²) in [6, 6.07) is 10.0. The van der Waals surface area contributed by atoms with Gasteiger partial charge in [0.15, 0.2) is 0 Å². The number of rotatable bonds is 4. The first-order chi connectivity index (χ1) is 12.9. The molecule has 0 radical (unpaired) electrons. The standard InChI is InChI=1S/C20H21Cl2N3O2/c1-24(2)18-8-6-14(12-16(18)20(27)25-9-3-4-10-25)23-19(26)15-7-5-13(21)11-17(15)22/h5-8,11-12H,3-4,9-10H2,1-2H3,(H,23,26). The molecule has 142 valence electrons. The average molecular weight is 406 g/mol. The summed E-state index contributed by atoms with van der Waals surface area (Å²) < 4.78 is 0. The smallest absolute Gasteiger partial charge is 0.257 e. The van der Waals surface area contributed by atoms with E-state index in [4.69, 9.17) is 23.2 Å². The first-order valence-electron chi connectivity index (χ1n) is 8.74. The van der Waals surface area contributed by atoms with Crippen LogP contribution < -0.4 is 10.2 Å². The monoisotopic (exact) mass is 405 g/mol. The molecule has 0 unspecified atom stereocenters. The minimum absolute atomic E-state index is 0.0168. The number of likely N-dealkylation sites (tertiary alicyclic amines) is 1. The van der Waals surface area contributed by atoms with Gasteiger partial charge in [0.2, 0.25) is 0 Å². The Bertz CT molecular complexity index is 878. The lowest BCUT2D eigenvalue weighted by atomic mass is 10.1. The van der Waals surface area contributed by atoms with E-state index in [1.165, 1.54) is 6.07 Å². The maximum atomic E-state index is 12.9. The zero-order valence-electron chi connectivity index (χ0n) is 15.3. The Labute approximate surface area is 168 Å². The predicted molar refractivity (Wildman–Crippen MR) is 110 cm³/mol. The number of hydrogen-bond donors (Lipinski definition) is 1. The average Bonchev–Trinajstić information content (AvgIpc) is 3.15. The van der Waals surface area contributed by atoms with Crippen molar-refractivity contribution in [2.75, 3.05) is 37.4 Å². The molecule has 1 N–H and O–H groups in total. The molecule has 0 bridgehead atoms. The van der Waals surface area contributed by atoms with Gasteiger partial charge in [-0.25, -0.2) is 0 Å². The largest absolute Gasteiger partial charge is 0.377 e.